The normalized spacial score (nSPS) is 10.9. The lowest BCUT2D eigenvalue weighted by molar-refractivity contribution is 0.359. The van der Waals surface area contributed by atoms with Gasteiger partial charge in [-0.15, -0.1) is 0 Å². The molecule has 0 aliphatic rings. The van der Waals surface area contributed by atoms with E-state index in [1.165, 1.54) is 0 Å². The molecule has 31 heavy (non-hydrogen) atoms. The van der Waals surface area contributed by atoms with E-state index in [-0.39, 0.29) is 5.56 Å². The number of benzene rings is 2. The van der Waals surface area contributed by atoms with Gasteiger partial charge in [0.25, 0.3) is 5.56 Å². The van der Waals surface area contributed by atoms with E-state index in [2.05, 4.69) is 23.3 Å². The third-order valence-corrected chi connectivity index (χ3v) is 5.73. The number of H-pyrrole nitrogens is 1. The van der Waals surface area contributed by atoms with Crippen LogP contribution in [0.3, 0.4) is 0 Å². The fourth-order valence-electron chi connectivity index (χ4n) is 3.66. The Kier molecular flexibility index (Phi) is 5.91. The molecule has 2 heterocycles. The van der Waals surface area contributed by atoms with Crippen molar-refractivity contribution in [1.29, 1.82) is 0 Å². The molecule has 0 saturated heterocycles. The summed E-state index contributed by atoms with van der Waals surface area (Å²) >= 11 is 5.72. The molecule has 2 N–H and O–H groups in total. The van der Waals surface area contributed by atoms with Crippen LogP contribution in [-0.4, -0.2) is 15.0 Å². The van der Waals surface area contributed by atoms with Gasteiger partial charge in [-0.3, -0.25) is 4.79 Å². The van der Waals surface area contributed by atoms with Crippen molar-refractivity contribution in [3.8, 4) is 0 Å². The molecule has 5 nitrogen and oxygen atoms in total. The number of hydrogen-bond acceptors (Lipinski definition) is 3. The Balaban J connectivity index is 1.67. The maximum atomic E-state index is 12.9. The van der Waals surface area contributed by atoms with Crippen LogP contribution in [0.4, 0.5) is 5.69 Å². The molecule has 0 saturated carbocycles. The van der Waals surface area contributed by atoms with Crippen LogP contribution in [0.25, 0.3) is 10.9 Å². The number of nitrogens with zero attached hydrogens (tertiary/aromatic N) is 1. The summed E-state index contributed by atoms with van der Waals surface area (Å²) in [6.07, 6.45) is 1.64. The molecule has 0 atom stereocenters. The highest BCUT2D eigenvalue weighted by Gasteiger charge is 2.16. The number of nitrogens with one attached hydrogen (secondary N) is 2. The first-order chi connectivity index (χ1) is 14.9. The van der Waals surface area contributed by atoms with Gasteiger partial charge in [0.1, 0.15) is 5.76 Å². The van der Waals surface area contributed by atoms with Crippen LogP contribution in [0.15, 0.2) is 70.1 Å². The monoisotopic (exact) mass is 431 g/mol. The summed E-state index contributed by atoms with van der Waals surface area (Å²) in [5.74, 6) is 0.776. The number of rotatable bonds is 5. The Morgan fingerprint density at radius 1 is 1.03 bits per heavy atom. The molecule has 0 radical (unpaired) electrons. The molecule has 2 aromatic heterocycles. The van der Waals surface area contributed by atoms with E-state index in [1.807, 2.05) is 67.3 Å². The smallest absolute Gasteiger partial charge is 0.253 e. The summed E-state index contributed by atoms with van der Waals surface area (Å²) in [4.78, 5) is 17.9. The van der Waals surface area contributed by atoms with E-state index in [9.17, 15) is 4.79 Å². The highest BCUT2D eigenvalue weighted by molar-refractivity contribution is 7.80. The van der Waals surface area contributed by atoms with Crippen molar-refractivity contribution in [2.75, 3.05) is 5.32 Å². The van der Waals surface area contributed by atoms with Gasteiger partial charge in [0.15, 0.2) is 5.11 Å². The molecule has 0 bridgehead atoms. The molecule has 158 valence electrons. The lowest BCUT2D eigenvalue weighted by Crippen LogP contribution is -2.35. The number of fused-ring (bicyclic) bond motifs is 1. The van der Waals surface area contributed by atoms with Crippen LogP contribution >= 0.6 is 12.2 Å². The Labute approximate surface area is 186 Å². The Morgan fingerprint density at radius 3 is 2.58 bits per heavy atom. The number of pyridine rings is 1. The zero-order valence-corrected chi connectivity index (χ0v) is 18.7. The fraction of sp³-hybridized carbons (Fsp3) is 0.200. The summed E-state index contributed by atoms with van der Waals surface area (Å²) in [7, 11) is 0. The van der Waals surface area contributed by atoms with Crippen LogP contribution in [0.5, 0.6) is 0 Å². The van der Waals surface area contributed by atoms with Crippen LogP contribution in [0.2, 0.25) is 0 Å². The third kappa shape index (κ3) is 4.70. The van der Waals surface area contributed by atoms with E-state index in [0.29, 0.717) is 23.8 Å². The number of anilines is 1. The second kappa shape index (κ2) is 8.78. The minimum Gasteiger partial charge on any atom is -0.467 e. The van der Waals surface area contributed by atoms with Crippen molar-refractivity contribution < 1.29 is 4.42 Å². The summed E-state index contributed by atoms with van der Waals surface area (Å²) in [6.45, 7) is 6.90. The Morgan fingerprint density at radius 2 is 1.84 bits per heavy atom. The van der Waals surface area contributed by atoms with Crippen molar-refractivity contribution in [2.24, 2.45) is 0 Å². The number of furan rings is 1. The summed E-state index contributed by atoms with van der Waals surface area (Å²) in [5.41, 5.74) is 5.65. The predicted molar refractivity (Wildman–Crippen MR) is 129 cm³/mol. The molecular weight excluding hydrogens is 406 g/mol. The molecule has 2 aromatic carbocycles. The number of hydrogen-bond donors (Lipinski definition) is 2. The maximum absolute atomic E-state index is 12.9. The Hall–Kier alpha value is -3.38. The van der Waals surface area contributed by atoms with Gasteiger partial charge in [-0.1, -0.05) is 24.3 Å². The average Bonchev–Trinajstić information content (AvgIpc) is 3.24. The predicted octanol–water partition coefficient (Wildman–Crippen LogP) is 5.45. The zero-order valence-electron chi connectivity index (χ0n) is 17.9. The van der Waals surface area contributed by atoms with Crippen LogP contribution in [0, 0.1) is 20.8 Å². The second-order valence-corrected chi connectivity index (χ2v) is 8.23. The average molecular weight is 432 g/mol. The summed E-state index contributed by atoms with van der Waals surface area (Å²) in [5, 5.41) is 4.87. The Bertz CT molecular complexity index is 1290. The topological polar surface area (TPSA) is 61.3 Å². The van der Waals surface area contributed by atoms with Gasteiger partial charge in [0, 0.05) is 16.6 Å². The quantitative estimate of drug-likeness (QED) is 0.412. The lowest BCUT2D eigenvalue weighted by Gasteiger charge is -2.25. The summed E-state index contributed by atoms with van der Waals surface area (Å²) in [6, 6.07) is 17.8. The van der Waals surface area contributed by atoms with Crippen molar-refractivity contribution in [3.63, 3.8) is 0 Å². The largest absolute Gasteiger partial charge is 0.467 e. The van der Waals surface area contributed by atoms with E-state index < -0.39 is 0 Å². The molecule has 4 rings (SSSR count). The number of aromatic nitrogens is 1. The van der Waals surface area contributed by atoms with Crippen LogP contribution in [0.1, 0.15) is 28.0 Å². The maximum Gasteiger partial charge on any atom is 0.253 e. The third-order valence-electron chi connectivity index (χ3n) is 5.37. The van der Waals surface area contributed by atoms with E-state index in [1.54, 1.807) is 6.26 Å². The number of aromatic amines is 1. The number of thiocarbonyl (C=S) groups is 1. The highest BCUT2D eigenvalue weighted by Crippen LogP contribution is 2.21. The molecule has 4 aromatic rings. The first-order valence-electron chi connectivity index (χ1n) is 10.2. The van der Waals surface area contributed by atoms with Gasteiger partial charge < -0.3 is 19.6 Å². The molecule has 6 heteroatoms. The first-order valence-corrected chi connectivity index (χ1v) is 10.6. The van der Waals surface area contributed by atoms with Crippen molar-refractivity contribution in [2.45, 2.75) is 33.9 Å². The van der Waals surface area contributed by atoms with Crippen molar-refractivity contribution in [3.05, 3.63) is 99.2 Å². The minimum atomic E-state index is -0.107. The SMILES string of the molecule is Cc1cccc(NC(=S)N(Cc2ccco2)Cc2cc3c(C)ccc(C)c3[nH]c2=O)c1. The van der Waals surface area contributed by atoms with Crippen LogP contribution < -0.4 is 10.9 Å². The van der Waals surface area contributed by atoms with Gasteiger partial charge in [-0.05, 0) is 80.0 Å². The summed E-state index contributed by atoms with van der Waals surface area (Å²) < 4.78 is 5.54. The highest BCUT2D eigenvalue weighted by atomic mass is 32.1. The van der Waals surface area contributed by atoms with E-state index >= 15 is 0 Å². The molecule has 0 unspecified atom stereocenters. The van der Waals surface area contributed by atoms with E-state index in [0.717, 1.165) is 39.0 Å². The molecular formula is C25H25N3O2S. The lowest BCUT2D eigenvalue weighted by atomic mass is 10.0. The van der Waals surface area contributed by atoms with Crippen molar-refractivity contribution >= 4 is 33.9 Å². The van der Waals surface area contributed by atoms with Crippen LogP contribution in [-0.2, 0) is 13.1 Å². The molecule has 0 amide bonds. The van der Waals surface area contributed by atoms with Gasteiger partial charge in [0.2, 0.25) is 0 Å². The molecule has 0 aliphatic carbocycles. The number of aryl methyl sites for hydroxylation is 3. The first kappa shape index (κ1) is 20.9. The zero-order chi connectivity index (χ0) is 22.0. The van der Waals surface area contributed by atoms with Crippen molar-refractivity contribution in [1.82, 2.24) is 9.88 Å². The van der Waals surface area contributed by atoms with E-state index in [4.69, 9.17) is 16.6 Å². The molecule has 0 fully saturated rings. The standard InChI is InChI=1S/C25H25N3O2S/c1-16-6-4-7-20(12-16)26-25(31)28(15-21-8-5-11-30-21)14-19-13-22-17(2)9-10-18(3)23(22)27-24(19)29/h4-13H,14-15H2,1-3H3,(H,26,31)(H,27,29). The van der Waals surface area contributed by atoms with Gasteiger partial charge in [-0.25, -0.2) is 0 Å². The molecule has 0 aliphatic heterocycles. The molecule has 0 spiro atoms. The van der Waals surface area contributed by atoms with Gasteiger partial charge in [0.05, 0.1) is 24.9 Å². The fourth-order valence-corrected chi connectivity index (χ4v) is 3.90. The van der Waals surface area contributed by atoms with Gasteiger partial charge >= 0.3 is 0 Å². The second-order valence-electron chi connectivity index (χ2n) is 7.85. The minimum absolute atomic E-state index is 0.107. The van der Waals surface area contributed by atoms with Gasteiger partial charge in [-0.2, -0.15) is 0 Å².